The van der Waals surface area contributed by atoms with Crippen LogP contribution in [0.4, 0.5) is 15.8 Å². The maximum absolute atomic E-state index is 14.3. The van der Waals surface area contributed by atoms with Gasteiger partial charge in [0.15, 0.2) is 0 Å². The Morgan fingerprint density at radius 1 is 1.36 bits per heavy atom. The van der Waals surface area contributed by atoms with Crippen LogP contribution in [0.1, 0.15) is 31.5 Å². The minimum atomic E-state index is -0.442. The molecule has 3 rings (SSSR count). The summed E-state index contributed by atoms with van der Waals surface area (Å²) in [5, 5.41) is 38.1. The molecule has 0 atom stereocenters. The first-order valence-electron chi connectivity index (χ1n) is 8.01. The molecule has 0 amide bonds. The lowest BCUT2D eigenvalue weighted by Gasteiger charge is -2.28. The molecule has 0 aliphatic heterocycles. The van der Waals surface area contributed by atoms with Gasteiger partial charge in [-0.05, 0) is 43.0 Å². The number of rotatable bonds is 5. The highest BCUT2D eigenvalue weighted by molar-refractivity contribution is 5.77. The van der Waals surface area contributed by atoms with Crippen LogP contribution in [-0.4, -0.2) is 37.9 Å². The zero-order chi connectivity index (χ0) is 17.6. The van der Waals surface area contributed by atoms with E-state index in [1.165, 1.54) is 12.3 Å². The van der Waals surface area contributed by atoms with Crippen molar-refractivity contribution in [3.8, 4) is 6.07 Å². The first kappa shape index (κ1) is 16.9. The lowest BCUT2D eigenvalue weighted by Crippen LogP contribution is -2.28. The molecule has 1 aromatic carbocycles. The fourth-order valence-electron chi connectivity index (χ4n) is 2.80. The Morgan fingerprint density at radius 2 is 2.16 bits per heavy atom. The molecule has 1 aromatic heterocycles. The summed E-state index contributed by atoms with van der Waals surface area (Å²) in [5.74, 6) is -0.315. The van der Waals surface area contributed by atoms with Crippen LogP contribution < -0.4 is 10.6 Å². The number of aromatic amines is 1. The molecule has 9 heteroatoms. The molecule has 0 unspecified atom stereocenters. The number of aliphatic hydroxyl groups is 1. The fourth-order valence-corrected chi connectivity index (χ4v) is 2.80. The number of nitriles is 1. The van der Waals surface area contributed by atoms with Crippen molar-refractivity contribution < 1.29 is 9.50 Å². The Morgan fingerprint density at radius 3 is 2.84 bits per heavy atom. The first-order chi connectivity index (χ1) is 12.2. The van der Waals surface area contributed by atoms with Crippen molar-refractivity contribution in [3.63, 3.8) is 0 Å². The summed E-state index contributed by atoms with van der Waals surface area (Å²) in [4.78, 5) is 0. The van der Waals surface area contributed by atoms with E-state index in [2.05, 4.69) is 31.3 Å². The average molecular weight is 343 g/mol. The van der Waals surface area contributed by atoms with Gasteiger partial charge in [-0.15, -0.1) is 10.2 Å². The minimum Gasteiger partial charge on any atom is -0.393 e. The molecule has 1 aliphatic carbocycles. The number of halogens is 1. The maximum Gasteiger partial charge on any atom is 0.216 e. The molecule has 0 bridgehead atoms. The summed E-state index contributed by atoms with van der Waals surface area (Å²) < 4.78 is 14.3. The molecular formula is C16H18FN7O. The molecule has 25 heavy (non-hydrogen) atoms. The number of hydrogen-bond acceptors (Lipinski definition) is 7. The summed E-state index contributed by atoms with van der Waals surface area (Å²) in [6.07, 6.45) is 4.19. The molecule has 0 spiro atoms. The van der Waals surface area contributed by atoms with Crippen molar-refractivity contribution in [3.05, 3.63) is 36.0 Å². The Labute approximate surface area is 143 Å². The topological polar surface area (TPSA) is 123 Å². The summed E-state index contributed by atoms with van der Waals surface area (Å²) in [5.41, 5.74) is 0.969. The minimum absolute atomic E-state index is 0.127. The number of anilines is 2. The van der Waals surface area contributed by atoms with Gasteiger partial charge in [0.05, 0.1) is 17.5 Å². The Bertz CT molecular complexity index is 776. The van der Waals surface area contributed by atoms with Crippen LogP contribution >= 0.6 is 0 Å². The molecule has 2 aromatic rings. The van der Waals surface area contributed by atoms with E-state index in [-0.39, 0.29) is 29.2 Å². The number of para-hydroxylation sites is 1. The number of nitrogens with one attached hydrogen (secondary N) is 3. The third-order valence-electron chi connectivity index (χ3n) is 4.14. The predicted molar refractivity (Wildman–Crippen MR) is 89.7 cm³/mol. The van der Waals surface area contributed by atoms with E-state index in [9.17, 15) is 14.8 Å². The largest absolute Gasteiger partial charge is 0.393 e. The number of aromatic nitrogens is 4. The van der Waals surface area contributed by atoms with E-state index in [0.29, 0.717) is 5.69 Å². The highest BCUT2D eigenvalue weighted by Crippen LogP contribution is 2.29. The van der Waals surface area contributed by atoms with Crippen LogP contribution in [0, 0.1) is 17.1 Å². The van der Waals surface area contributed by atoms with Crippen molar-refractivity contribution in [1.29, 1.82) is 5.26 Å². The second-order valence-corrected chi connectivity index (χ2v) is 5.86. The monoisotopic (exact) mass is 343 g/mol. The molecule has 130 valence electrons. The van der Waals surface area contributed by atoms with Crippen LogP contribution in [-0.2, 0) is 0 Å². The number of tetrazole rings is 1. The van der Waals surface area contributed by atoms with E-state index in [1.807, 2.05) is 6.07 Å². The summed E-state index contributed by atoms with van der Waals surface area (Å²) in [6, 6.07) is 6.84. The highest BCUT2D eigenvalue weighted by atomic mass is 19.1. The number of benzene rings is 1. The first-order valence-corrected chi connectivity index (χ1v) is 8.01. The van der Waals surface area contributed by atoms with Crippen LogP contribution in [0.2, 0.25) is 0 Å². The van der Waals surface area contributed by atoms with Gasteiger partial charge < -0.3 is 15.7 Å². The van der Waals surface area contributed by atoms with Crippen LogP contribution in [0.3, 0.4) is 0 Å². The lowest BCUT2D eigenvalue weighted by molar-refractivity contribution is 0.126. The predicted octanol–water partition coefficient (Wildman–Crippen LogP) is 2.03. The average Bonchev–Trinajstić information content (AvgIpc) is 3.14. The van der Waals surface area contributed by atoms with Crippen molar-refractivity contribution in [2.75, 3.05) is 10.6 Å². The van der Waals surface area contributed by atoms with Crippen molar-refractivity contribution >= 4 is 16.9 Å². The lowest BCUT2D eigenvalue weighted by atomic mass is 9.93. The standard InChI is InChI=1S/C16H18FN7O/c17-13-2-1-3-14(20-11-4-6-12(25)7-5-11)15(13)19-9-10(8-18)16-21-23-24-22-16/h1-3,9,11-12,19-20,25H,4-7H2,(H,21,22,23,24). The molecule has 1 heterocycles. The third-order valence-corrected chi connectivity index (χ3v) is 4.14. The molecule has 8 nitrogen and oxygen atoms in total. The maximum atomic E-state index is 14.3. The van der Waals surface area contributed by atoms with Gasteiger partial charge in [-0.25, -0.2) is 4.39 Å². The highest BCUT2D eigenvalue weighted by Gasteiger charge is 2.20. The number of allylic oxidation sites excluding steroid dienone is 1. The quantitative estimate of drug-likeness (QED) is 0.613. The third kappa shape index (κ3) is 4.10. The molecule has 4 N–H and O–H groups in total. The smallest absolute Gasteiger partial charge is 0.216 e. The van der Waals surface area contributed by atoms with Gasteiger partial charge in [0.25, 0.3) is 0 Å². The molecule has 1 aliphatic rings. The zero-order valence-electron chi connectivity index (χ0n) is 13.4. The normalized spacial score (nSPS) is 20.8. The van der Waals surface area contributed by atoms with E-state index in [1.54, 1.807) is 12.1 Å². The van der Waals surface area contributed by atoms with Crippen LogP contribution in [0.5, 0.6) is 0 Å². The summed E-state index contributed by atoms with van der Waals surface area (Å²) in [6.45, 7) is 0. The molecule has 1 saturated carbocycles. The van der Waals surface area contributed by atoms with Gasteiger partial charge >= 0.3 is 0 Å². The Hall–Kier alpha value is -2.99. The van der Waals surface area contributed by atoms with Gasteiger partial charge in [-0.1, -0.05) is 6.07 Å². The van der Waals surface area contributed by atoms with E-state index >= 15 is 0 Å². The van der Waals surface area contributed by atoms with Crippen molar-refractivity contribution in [1.82, 2.24) is 20.6 Å². The molecule has 1 fully saturated rings. The SMILES string of the molecule is N#CC(=CNc1c(F)cccc1NC1CCC(O)CC1)c1nn[nH]n1. The van der Waals surface area contributed by atoms with Gasteiger partial charge in [0.1, 0.15) is 17.5 Å². The van der Waals surface area contributed by atoms with Crippen molar-refractivity contribution in [2.45, 2.75) is 37.8 Å². The molecule has 0 saturated heterocycles. The van der Waals surface area contributed by atoms with Gasteiger partial charge in [-0.2, -0.15) is 10.5 Å². The van der Waals surface area contributed by atoms with Crippen LogP contribution in [0.15, 0.2) is 24.4 Å². The zero-order valence-corrected chi connectivity index (χ0v) is 13.4. The van der Waals surface area contributed by atoms with Gasteiger partial charge in [0.2, 0.25) is 5.82 Å². The molecular weight excluding hydrogens is 325 g/mol. The summed E-state index contributed by atoms with van der Waals surface area (Å²) in [7, 11) is 0. The van der Waals surface area contributed by atoms with E-state index in [0.717, 1.165) is 25.7 Å². The summed E-state index contributed by atoms with van der Waals surface area (Å²) >= 11 is 0. The molecule has 0 radical (unpaired) electrons. The number of aliphatic hydroxyl groups excluding tert-OH is 1. The van der Waals surface area contributed by atoms with E-state index in [4.69, 9.17) is 0 Å². The van der Waals surface area contributed by atoms with Gasteiger partial charge in [-0.3, -0.25) is 0 Å². The van der Waals surface area contributed by atoms with Crippen LogP contribution in [0.25, 0.3) is 5.57 Å². The Kier molecular flexibility index (Phi) is 5.20. The second-order valence-electron chi connectivity index (χ2n) is 5.86. The number of nitrogens with zero attached hydrogens (tertiary/aromatic N) is 4. The van der Waals surface area contributed by atoms with Gasteiger partial charge in [0, 0.05) is 12.2 Å². The second kappa shape index (κ2) is 7.72. The number of H-pyrrole nitrogens is 1. The Balaban J connectivity index is 1.78. The van der Waals surface area contributed by atoms with Crippen molar-refractivity contribution in [2.24, 2.45) is 0 Å². The van der Waals surface area contributed by atoms with E-state index < -0.39 is 5.82 Å². The fraction of sp³-hybridized carbons (Fsp3) is 0.375. The number of hydrogen-bond donors (Lipinski definition) is 4.